The van der Waals surface area contributed by atoms with Crippen molar-refractivity contribution in [3.8, 4) is 5.75 Å². The van der Waals surface area contributed by atoms with Gasteiger partial charge in [-0.15, -0.1) is 0 Å². The Labute approximate surface area is 126 Å². The highest BCUT2D eigenvalue weighted by Crippen LogP contribution is 2.12. The first-order valence-corrected chi connectivity index (χ1v) is 7.18. The largest absolute Gasteiger partial charge is 0.486 e. The van der Waals surface area contributed by atoms with E-state index in [9.17, 15) is 0 Å². The maximum absolute atomic E-state index is 5.70. The number of aryl methyl sites for hydroxylation is 1. The van der Waals surface area contributed by atoms with Crippen molar-refractivity contribution in [3.63, 3.8) is 0 Å². The predicted molar refractivity (Wildman–Crippen MR) is 84.1 cm³/mol. The molecule has 0 aliphatic rings. The van der Waals surface area contributed by atoms with Crippen LogP contribution >= 0.6 is 0 Å². The van der Waals surface area contributed by atoms with Crippen molar-refractivity contribution >= 4 is 0 Å². The van der Waals surface area contributed by atoms with E-state index < -0.39 is 0 Å². The van der Waals surface area contributed by atoms with Gasteiger partial charge in [0.1, 0.15) is 12.4 Å². The zero-order chi connectivity index (χ0) is 15.3. The van der Waals surface area contributed by atoms with Crippen LogP contribution in [-0.2, 0) is 13.2 Å². The summed E-state index contributed by atoms with van der Waals surface area (Å²) in [6.07, 6.45) is 1.76. The molecule has 2 aromatic heterocycles. The molecule has 0 radical (unpaired) electrons. The van der Waals surface area contributed by atoms with E-state index in [0.717, 1.165) is 29.4 Å². The van der Waals surface area contributed by atoms with Gasteiger partial charge < -0.3 is 10.1 Å². The molecule has 112 valence electrons. The standard InChI is InChI=1S/C17H23N3O/c1-13-6-5-7-15(20-13)12-21-16-9-8-14(18-11-16)10-19-17(2,3)4/h5-9,11,19H,10,12H2,1-4H3. The number of hydrogen-bond acceptors (Lipinski definition) is 4. The maximum Gasteiger partial charge on any atom is 0.138 e. The fraction of sp³-hybridized carbons (Fsp3) is 0.412. The topological polar surface area (TPSA) is 47.0 Å². The van der Waals surface area contributed by atoms with E-state index in [2.05, 4.69) is 36.1 Å². The Hall–Kier alpha value is -1.94. The van der Waals surface area contributed by atoms with Crippen LogP contribution in [0.3, 0.4) is 0 Å². The lowest BCUT2D eigenvalue weighted by Gasteiger charge is -2.20. The van der Waals surface area contributed by atoms with Crippen LogP contribution in [0.25, 0.3) is 0 Å². The summed E-state index contributed by atoms with van der Waals surface area (Å²) in [5.41, 5.74) is 3.02. The summed E-state index contributed by atoms with van der Waals surface area (Å²) < 4.78 is 5.70. The van der Waals surface area contributed by atoms with Crippen molar-refractivity contribution in [3.05, 3.63) is 53.6 Å². The molecule has 0 saturated heterocycles. The number of rotatable bonds is 5. The molecule has 0 aliphatic heterocycles. The Kier molecular flexibility index (Phi) is 4.91. The first-order chi connectivity index (χ1) is 9.92. The van der Waals surface area contributed by atoms with Gasteiger partial charge in [0.05, 0.1) is 17.6 Å². The molecule has 0 fully saturated rings. The number of nitrogens with one attached hydrogen (secondary N) is 1. The second-order valence-electron chi connectivity index (χ2n) is 6.15. The lowest BCUT2D eigenvalue weighted by Crippen LogP contribution is -2.35. The van der Waals surface area contributed by atoms with E-state index in [1.807, 2.05) is 37.3 Å². The SMILES string of the molecule is Cc1cccc(COc2ccc(CNC(C)(C)C)nc2)n1. The molecular weight excluding hydrogens is 262 g/mol. The molecular formula is C17H23N3O. The Morgan fingerprint density at radius 1 is 1.10 bits per heavy atom. The summed E-state index contributed by atoms with van der Waals surface area (Å²) in [6, 6.07) is 9.85. The van der Waals surface area contributed by atoms with E-state index in [4.69, 9.17) is 4.74 Å². The molecule has 0 amide bonds. The minimum atomic E-state index is 0.0910. The third-order valence-electron chi connectivity index (χ3n) is 2.93. The molecule has 1 N–H and O–H groups in total. The van der Waals surface area contributed by atoms with Gasteiger partial charge in [0.25, 0.3) is 0 Å². The van der Waals surface area contributed by atoms with E-state index in [0.29, 0.717) is 6.61 Å². The monoisotopic (exact) mass is 285 g/mol. The van der Waals surface area contributed by atoms with Crippen LogP contribution in [0.1, 0.15) is 37.9 Å². The Bertz CT molecular complexity index is 573. The normalized spacial score (nSPS) is 11.4. The molecule has 0 unspecified atom stereocenters. The molecule has 0 aliphatic carbocycles. The molecule has 21 heavy (non-hydrogen) atoms. The van der Waals surface area contributed by atoms with Gasteiger partial charge in [0.15, 0.2) is 0 Å². The van der Waals surface area contributed by atoms with Crippen LogP contribution in [0, 0.1) is 6.92 Å². The third-order valence-corrected chi connectivity index (χ3v) is 2.93. The molecule has 0 spiro atoms. The molecule has 0 atom stereocenters. The molecule has 2 aromatic rings. The molecule has 0 bridgehead atoms. The quantitative estimate of drug-likeness (QED) is 0.916. The number of hydrogen-bond donors (Lipinski definition) is 1. The number of aromatic nitrogens is 2. The molecule has 4 nitrogen and oxygen atoms in total. The van der Waals surface area contributed by atoms with Crippen LogP contribution < -0.4 is 10.1 Å². The van der Waals surface area contributed by atoms with Crippen molar-refractivity contribution in [2.45, 2.75) is 46.4 Å². The third kappa shape index (κ3) is 5.52. The average Bonchev–Trinajstić information content (AvgIpc) is 2.43. The fourth-order valence-electron chi connectivity index (χ4n) is 1.79. The minimum Gasteiger partial charge on any atom is -0.486 e. The molecule has 0 saturated carbocycles. The van der Waals surface area contributed by atoms with Crippen LogP contribution in [-0.4, -0.2) is 15.5 Å². The smallest absolute Gasteiger partial charge is 0.138 e. The predicted octanol–water partition coefficient (Wildman–Crippen LogP) is 3.25. The van der Waals surface area contributed by atoms with Gasteiger partial charge in [-0.25, -0.2) is 0 Å². The van der Waals surface area contributed by atoms with Crippen LogP contribution in [0.2, 0.25) is 0 Å². The fourth-order valence-corrected chi connectivity index (χ4v) is 1.79. The zero-order valence-corrected chi connectivity index (χ0v) is 13.2. The number of pyridine rings is 2. The highest BCUT2D eigenvalue weighted by molar-refractivity contribution is 5.20. The van der Waals surface area contributed by atoms with Crippen LogP contribution in [0.5, 0.6) is 5.75 Å². The van der Waals surface area contributed by atoms with Gasteiger partial charge in [-0.3, -0.25) is 9.97 Å². The summed E-state index contributed by atoms with van der Waals surface area (Å²) in [4.78, 5) is 8.81. The van der Waals surface area contributed by atoms with Crippen molar-refractivity contribution in [2.24, 2.45) is 0 Å². The van der Waals surface area contributed by atoms with E-state index in [1.54, 1.807) is 6.20 Å². The van der Waals surface area contributed by atoms with Gasteiger partial charge in [-0.1, -0.05) is 6.07 Å². The Morgan fingerprint density at radius 2 is 1.90 bits per heavy atom. The first-order valence-electron chi connectivity index (χ1n) is 7.18. The molecule has 2 rings (SSSR count). The number of ether oxygens (including phenoxy) is 1. The Balaban J connectivity index is 1.87. The molecule has 4 heteroatoms. The second kappa shape index (κ2) is 6.68. The van der Waals surface area contributed by atoms with Gasteiger partial charge >= 0.3 is 0 Å². The van der Waals surface area contributed by atoms with Gasteiger partial charge in [0.2, 0.25) is 0 Å². The van der Waals surface area contributed by atoms with Crippen LogP contribution in [0.4, 0.5) is 0 Å². The maximum atomic E-state index is 5.70. The highest BCUT2D eigenvalue weighted by atomic mass is 16.5. The lowest BCUT2D eigenvalue weighted by molar-refractivity contribution is 0.299. The summed E-state index contributed by atoms with van der Waals surface area (Å²) >= 11 is 0. The molecule has 2 heterocycles. The highest BCUT2D eigenvalue weighted by Gasteiger charge is 2.08. The van der Waals surface area contributed by atoms with Crippen molar-refractivity contribution in [1.82, 2.24) is 15.3 Å². The van der Waals surface area contributed by atoms with E-state index in [1.165, 1.54) is 0 Å². The van der Waals surface area contributed by atoms with Crippen LogP contribution in [0.15, 0.2) is 36.5 Å². The van der Waals surface area contributed by atoms with E-state index in [-0.39, 0.29) is 5.54 Å². The average molecular weight is 285 g/mol. The van der Waals surface area contributed by atoms with Gasteiger partial charge in [-0.05, 0) is 52.0 Å². The van der Waals surface area contributed by atoms with Crippen molar-refractivity contribution in [2.75, 3.05) is 0 Å². The Morgan fingerprint density at radius 3 is 2.52 bits per heavy atom. The zero-order valence-electron chi connectivity index (χ0n) is 13.2. The van der Waals surface area contributed by atoms with E-state index >= 15 is 0 Å². The lowest BCUT2D eigenvalue weighted by atomic mass is 10.1. The summed E-state index contributed by atoms with van der Waals surface area (Å²) in [6.45, 7) is 9.60. The minimum absolute atomic E-state index is 0.0910. The summed E-state index contributed by atoms with van der Waals surface area (Å²) in [5, 5.41) is 3.41. The first kappa shape index (κ1) is 15.4. The number of nitrogens with zero attached hydrogens (tertiary/aromatic N) is 2. The van der Waals surface area contributed by atoms with Crippen molar-refractivity contribution in [1.29, 1.82) is 0 Å². The molecule has 0 aromatic carbocycles. The summed E-state index contributed by atoms with van der Waals surface area (Å²) in [5.74, 6) is 0.762. The van der Waals surface area contributed by atoms with Crippen molar-refractivity contribution < 1.29 is 4.74 Å². The summed E-state index contributed by atoms with van der Waals surface area (Å²) in [7, 11) is 0. The van der Waals surface area contributed by atoms with Gasteiger partial charge in [0, 0.05) is 17.8 Å². The van der Waals surface area contributed by atoms with Gasteiger partial charge in [-0.2, -0.15) is 0 Å². The second-order valence-corrected chi connectivity index (χ2v) is 6.15.